The largest absolute Gasteiger partial charge is 0.497 e. The van der Waals surface area contributed by atoms with Crippen molar-refractivity contribution in [3.63, 3.8) is 0 Å². The molecule has 5 nitrogen and oxygen atoms in total. The fraction of sp³-hybridized carbons (Fsp3) is 0.238. The van der Waals surface area contributed by atoms with Crippen LogP contribution in [0.4, 0.5) is 4.39 Å². The van der Waals surface area contributed by atoms with Crippen molar-refractivity contribution < 1.29 is 13.7 Å². The van der Waals surface area contributed by atoms with Crippen LogP contribution < -0.4 is 4.74 Å². The van der Waals surface area contributed by atoms with Gasteiger partial charge in [-0.15, -0.1) is 0 Å². The summed E-state index contributed by atoms with van der Waals surface area (Å²) in [6.45, 7) is 2.30. The van der Waals surface area contributed by atoms with E-state index in [0.717, 1.165) is 36.4 Å². The molecule has 0 amide bonds. The molecule has 0 saturated heterocycles. The number of ether oxygens (including phenoxy) is 1. The lowest BCUT2D eigenvalue weighted by Crippen LogP contribution is -2.28. The molecule has 138 valence electrons. The topological polar surface area (TPSA) is 51.4 Å². The molecule has 0 aliphatic carbocycles. The molecular weight excluding hydrogens is 345 g/mol. The number of benzene rings is 2. The molecule has 3 aromatic rings. The number of hydrogen-bond donors (Lipinski definition) is 0. The fourth-order valence-corrected chi connectivity index (χ4v) is 3.15. The Bertz CT molecular complexity index is 933. The average molecular weight is 365 g/mol. The van der Waals surface area contributed by atoms with Crippen LogP contribution in [0.25, 0.3) is 17.0 Å². The first-order valence-electron chi connectivity index (χ1n) is 8.85. The Kier molecular flexibility index (Phi) is 4.98. The van der Waals surface area contributed by atoms with Crippen molar-refractivity contribution in [2.24, 2.45) is 0 Å². The maximum atomic E-state index is 13.1. The van der Waals surface area contributed by atoms with Gasteiger partial charge in [0.15, 0.2) is 0 Å². The molecule has 0 atom stereocenters. The zero-order valence-corrected chi connectivity index (χ0v) is 15.1. The number of aromatic nitrogens is 2. The van der Waals surface area contributed by atoms with E-state index in [0.29, 0.717) is 18.3 Å². The average Bonchev–Trinajstić information content (AvgIpc) is 3.18. The Hall–Kier alpha value is -2.99. The zero-order chi connectivity index (χ0) is 18.6. The zero-order valence-electron chi connectivity index (χ0n) is 15.1. The summed E-state index contributed by atoms with van der Waals surface area (Å²) in [6.07, 6.45) is 3.09. The predicted molar refractivity (Wildman–Crippen MR) is 101 cm³/mol. The lowest BCUT2D eigenvalue weighted by atomic mass is 9.99. The maximum Gasteiger partial charge on any atom is 0.241 e. The van der Waals surface area contributed by atoms with Gasteiger partial charge in [-0.3, -0.25) is 4.90 Å². The molecule has 0 radical (unpaired) electrons. The van der Waals surface area contributed by atoms with Crippen molar-refractivity contribution in [2.75, 3.05) is 20.2 Å². The van der Waals surface area contributed by atoms with Crippen LogP contribution in [-0.2, 0) is 6.54 Å². The summed E-state index contributed by atoms with van der Waals surface area (Å²) >= 11 is 0. The van der Waals surface area contributed by atoms with E-state index in [9.17, 15) is 4.39 Å². The smallest absolute Gasteiger partial charge is 0.241 e. The van der Waals surface area contributed by atoms with E-state index in [-0.39, 0.29) is 5.82 Å². The summed E-state index contributed by atoms with van der Waals surface area (Å²) in [5, 5.41) is 4.07. The van der Waals surface area contributed by atoms with E-state index < -0.39 is 0 Å². The summed E-state index contributed by atoms with van der Waals surface area (Å²) in [6, 6.07) is 14.2. The fourth-order valence-electron chi connectivity index (χ4n) is 3.15. The van der Waals surface area contributed by atoms with Gasteiger partial charge in [-0.1, -0.05) is 23.4 Å². The monoisotopic (exact) mass is 365 g/mol. The molecule has 2 aromatic carbocycles. The molecule has 0 spiro atoms. The van der Waals surface area contributed by atoms with E-state index in [4.69, 9.17) is 9.26 Å². The van der Waals surface area contributed by atoms with Crippen LogP contribution in [-0.4, -0.2) is 35.2 Å². The second kappa shape index (κ2) is 7.72. The van der Waals surface area contributed by atoms with E-state index in [1.54, 1.807) is 7.11 Å². The highest BCUT2D eigenvalue weighted by Gasteiger charge is 2.17. The Morgan fingerprint density at radius 1 is 1.07 bits per heavy atom. The Labute approximate surface area is 157 Å². The van der Waals surface area contributed by atoms with Crippen LogP contribution in [0, 0.1) is 5.82 Å². The number of rotatable bonds is 5. The van der Waals surface area contributed by atoms with E-state index in [2.05, 4.69) is 21.1 Å². The number of methoxy groups -OCH3 is 1. The van der Waals surface area contributed by atoms with Crippen molar-refractivity contribution in [2.45, 2.75) is 13.0 Å². The second-order valence-electron chi connectivity index (χ2n) is 6.46. The minimum Gasteiger partial charge on any atom is -0.497 e. The maximum absolute atomic E-state index is 13.1. The highest BCUT2D eigenvalue weighted by Crippen LogP contribution is 2.24. The molecule has 1 aliphatic rings. The lowest BCUT2D eigenvalue weighted by molar-refractivity contribution is 0.245. The summed E-state index contributed by atoms with van der Waals surface area (Å²) < 4.78 is 23.6. The first kappa shape index (κ1) is 17.4. The summed E-state index contributed by atoms with van der Waals surface area (Å²) in [4.78, 5) is 6.74. The van der Waals surface area contributed by atoms with Crippen LogP contribution >= 0.6 is 0 Å². The van der Waals surface area contributed by atoms with Gasteiger partial charge in [-0.05, 0) is 54.0 Å². The van der Waals surface area contributed by atoms with Crippen LogP contribution in [0.1, 0.15) is 17.9 Å². The standard InChI is InChI=1S/C21H20FN3O2/c1-26-19-8-4-17(5-9-19)21-23-20(27-24-21)14-25-12-10-16(11-13-25)15-2-6-18(22)7-3-15/h2-10H,11-14H2,1H3. The Morgan fingerprint density at radius 3 is 2.48 bits per heavy atom. The molecule has 1 aromatic heterocycles. The summed E-state index contributed by atoms with van der Waals surface area (Å²) in [5.41, 5.74) is 3.22. The molecule has 1 aliphatic heterocycles. The Morgan fingerprint density at radius 2 is 1.81 bits per heavy atom. The number of hydrogen-bond acceptors (Lipinski definition) is 5. The molecule has 4 rings (SSSR count). The van der Waals surface area contributed by atoms with Gasteiger partial charge in [0.05, 0.1) is 13.7 Å². The third-order valence-electron chi connectivity index (χ3n) is 4.68. The van der Waals surface area contributed by atoms with Gasteiger partial charge in [0.1, 0.15) is 11.6 Å². The third kappa shape index (κ3) is 4.06. The van der Waals surface area contributed by atoms with E-state index in [1.165, 1.54) is 17.7 Å². The Balaban J connectivity index is 1.39. The van der Waals surface area contributed by atoms with Crippen molar-refractivity contribution in [1.82, 2.24) is 15.0 Å². The van der Waals surface area contributed by atoms with Crippen LogP contribution in [0.3, 0.4) is 0 Å². The molecule has 0 saturated carbocycles. The number of halogens is 1. The normalized spacial score (nSPS) is 14.8. The second-order valence-corrected chi connectivity index (χ2v) is 6.46. The SMILES string of the molecule is COc1ccc(-c2noc(CN3CC=C(c4ccc(F)cc4)CC3)n2)cc1. The van der Waals surface area contributed by atoms with Crippen LogP contribution in [0.2, 0.25) is 0 Å². The predicted octanol–water partition coefficient (Wildman–Crippen LogP) is 4.17. The van der Waals surface area contributed by atoms with Gasteiger partial charge in [-0.2, -0.15) is 4.98 Å². The van der Waals surface area contributed by atoms with Gasteiger partial charge in [0, 0.05) is 18.7 Å². The van der Waals surface area contributed by atoms with Gasteiger partial charge >= 0.3 is 0 Å². The lowest BCUT2D eigenvalue weighted by Gasteiger charge is -2.24. The molecule has 2 heterocycles. The molecular formula is C21H20FN3O2. The van der Waals surface area contributed by atoms with Crippen molar-refractivity contribution in [3.8, 4) is 17.1 Å². The summed E-state index contributed by atoms with van der Waals surface area (Å²) in [7, 11) is 1.63. The van der Waals surface area contributed by atoms with Gasteiger partial charge in [-0.25, -0.2) is 4.39 Å². The van der Waals surface area contributed by atoms with Gasteiger partial charge < -0.3 is 9.26 Å². The van der Waals surface area contributed by atoms with E-state index in [1.807, 2.05) is 36.4 Å². The van der Waals surface area contributed by atoms with Gasteiger partial charge in [0.2, 0.25) is 11.7 Å². The highest BCUT2D eigenvalue weighted by atomic mass is 19.1. The number of nitrogens with zero attached hydrogens (tertiary/aromatic N) is 3. The van der Waals surface area contributed by atoms with E-state index >= 15 is 0 Å². The highest BCUT2D eigenvalue weighted by molar-refractivity contribution is 5.66. The first-order chi connectivity index (χ1) is 13.2. The molecule has 27 heavy (non-hydrogen) atoms. The first-order valence-corrected chi connectivity index (χ1v) is 8.85. The third-order valence-corrected chi connectivity index (χ3v) is 4.68. The van der Waals surface area contributed by atoms with Gasteiger partial charge in [0.25, 0.3) is 0 Å². The van der Waals surface area contributed by atoms with Crippen molar-refractivity contribution >= 4 is 5.57 Å². The minimum absolute atomic E-state index is 0.208. The summed E-state index contributed by atoms with van der Waals surface area (Å²) in [5.74, 6) is 1.76. The van der Waals surface area contributed by atoms with Crippen molar-refractivity contribution in [3.05, 3.63) is 71.9 Å². The molecule has 6 heteroatoms. The van der Waals surface area contributed by atoms with Crippen LogP contribution in [0.5, 0.6) is 5.75 Å². The molecule has 0 N–H and O–H groups in total. The molecule has 0 fully saturated rings. The minimum atomic E-state index is -0.208. The van der Waals surface area contributed by atoms with Crippen molar-refractivity contribution in [1.29, 1.82) is 0 Å². The van der Waals surface area contributed by atoms with Crippen LogP contribution in [0.15, 0.2) is 59.1 Å². The quantitative estimate of drug-likeness (QED) is 0.679. The molecule has 0 bridgehead atoms. The molecule has 0 unspecified atom stereocenters.